The van der Waals surface area contributed by atoms with Crippen LogP contribution in [0.3, 0.4) is 0 Å². The van der Waals surface area contributed by atoms with Gasteiger partial charge < -0.3 is 0 Å². The van der Waals surface area contributed by atoms with Crippen LogP contribution in [0.1, 0.15) is 45.2 Å². The topological polar surface area (TPSA) is 0 Å². The smallest absolute Gasteiger partial charge is 0.0142 e. The summed E-state index contributed by atoms with van der Waals surface area (Å²) in [6, 6.07) is 63.1. The van der Waals surface area contributed by atoms with E-state index in [2.05, 4.69) is 170 Å². The molecule has 0 aliphatic heterocycles. The van der Waals surface area contributed by atoms with Gasteiger partial charge in [-0.05, 0) is 103 Å². The van der Waals surface area contributed by atoms with Gasteiger partial charge in [-0.25, -0.2) is 0 Å². The first-order valence-electron chi connectivity index (χ1n) is 16.5. The highest BCUT2D eigenvalue weighted by Gasteiger charge is 2.30. The monoisotopic (exact) mass is 586 g/mol. The number of fused-ring (bicyclic) bond motifs is 6. The molecule has 2 aliphatic carbocycles. The summed E-state index contributed by atoms with van der Waals surface area (Å²) in [5.41, 5.74) is 19.1. The van der Waals surface area contributed by atoms with Crippen LogP contribution in [0.4, 0.5) is 0 Å². The molecule has 0 amide bonds. The van der Waals surface area contributed by atoms with E-state index in [1.165, 1.54) is 77.9 Å². The second-order valence-corrected chi connectivity index (χ2v) is 12.8. The van der Waals surface area contributed by atoms with Crippen molar-refractivity contribution in [2.24, 2.45) is 0 Å². The predicted molar refractivity (Wildman–Crippen MR) is 192 cm³/mol. The zero-order chi connectivity index (χ0) is 30.5. The van der Waals surface area contributed by atoms with Crippen molar-refractivity contribution in [2.75, 3.05) is 0 Å². The molecule has 0 bridgehead atoms. The molecule has 0 radical (unpaired) electrons. The van der Waals surface area contributed by atoms with E-state index in [9.17, 15) is 0 Å². The van der Waals surface area contributed by atoms with Crippen molar-refractivity contribution in [3.8, 4) is 44.5 Å². The SMILES string of the molecule is c1ccc(-c2ccc(CC3c4ccccc4-c4cc(-c5ccc6c(c5)-c5ccccc5C(c5ccccc5)C6)ccc43)cc2)cc1. The minimum absolute atomic E-state index is 0.355. The maximum atomic E-state index is 2.44. The van der Waals surface area contributed by atoms with Crippen LogP contribution in [0.2, 0.25) is 0 Å². The number of hydrogen-bond acceptors (Lipinski definition) is 0. The molecule has 7 aromatic carbocycles. The van der Waals surface area contributed by atoms with Gasteiger partial charge in [0.15, 0.2) is 0 Å². The van der Waals surface area contributed by atoms with Crippen molar-refractivity contribution in [2.45, 2.75) is 24.7 Å². The minimum atomic E-state index is 0.355. The Kier molecular flexibility index (Phi) is 6.53. The van der Waals surface area contributed by atoms with Gasteiger partial charge in [0.2, 0.25) is 0 Å². The molecule has 46 heavy (non-hydrogen) atoms. The molecule has 2 aliphatic rings. The third kappa shape index (κ3) is 4.61. The third-order valence-electron chi connectivity index (χ3n) is 10.3. The van der Waals surface area contributed by atoms with Gasteiger partial charge in [-0.3, -0.25) is 0 Å². The maximum absolute atomic E-state index is 2.44. The summed E-state index contributed by atoms with van der Waals surface area (Å²) in [4.78, 5) is 0. The fourth-order valence-electron chi connectivity index (χ4n) is 7.95. The molecular formula is C46H34. The highest BCUT2D eigenvalue weighted by molar-refractivity contribution is 5.85. The van der Waals surface area contributed by atoms with Gasteiger partial charge in [-0.1, -0.05) is 158 Å². The lowest BCUT2D eigenvalue weighted by atomic mass is 9.75. The Morgan fingerprint density at radius 3 is 1.70 bits per heavy atom. The maximum Gasteiger partial charge on any atom is 0.0142 e. The average molecular weight is 587 g/mol. The van der Waals surface area contributed by atoms with Crippen LogP contribution < -0.4 is 0 Å². The Bertz CT molecular complexity index is 2190. The number of benzene rings is 7. The van der Waals surface area contributed by atoms with Crippen molar-refractivity contribution in [1.82, 2.24) is 0 Å². The highest BCUT2D eigenvalue weighted by Crippen LogP contribution is 2.48. The van der Waals surface area contributed by atoms with Gasteiger partial charge in [-0.2, -0.15) is 0 Å². The Morgan fingerprint density at radius 2 is 0.935 bits per heavy atom. The lowest BCUT2D eigenvalue weighted by molar-refractivity contribution is 0.794. The summed E-state index contributed by atoms with van der Waals surface area (Å²) in [6.07, 6.45) is 2.03. The molecule has 0 heterocycles. The van der Waals surface area contributed by atoms with Crippen LogP contribution >= 0.6 is 0 Å². The lowest BCUT2D eigenvalue weighted by Crippen LogP contribution is -2.12. The van der Waals surface area contributed by atoms with Gasteiger partial charge in [0.05, 0.1) is 0 Å². The van der Waals surface area contributed by atoms with Crippen LogP contribution in [0, 0.1) is 0 Å². The molecule has 0 saturated heterocycles. The summed E-state index contributed by atoms with van der Waals surface area (Å²) >= 11 is 0. The fourth-order valence-corrected chi connectivity index (χ4v) is 7.95. The molecule has 0 spiro atoms. The van der Waals surface area contributed by atoms with E-state index >= 15 is 0 Å². The van der Waals surface area contributed by atoms with Crippen molar-refractivity contribution in [3.63, 3.8) is 0 Å². The van der Waals surface area contributed by atoms with Crippen LogP contribution in [-0.4, -0.2) is 0 Å². The summed E-state index contributed by atoms with van der Waals surface area (Å²) in [6.45, 7) is 0. The van der Waals surface area contributed by atoms with Crippen molar-refractivity contribution in [1.29, 1.82) is 0 Å². The second kappa shape index (κ2) is 11.2. The molecule has 0 saturated carbocycles. The Morgan fingerprint density at radius 1 is 0.391 bits per heavy atom. The quantitative estimate of drug-likeness (QED) is 0.188. The van der Waals surface area contributed by atoms with Gasteiger partial charge in [-0.15, -0.1) is 0 Å². The molecule has 218 valence electrons. The Hall–Kier alpha value is -5.46. The van der Waals surface area contributed by atoms with Crippen molar-refractivity contribution < 1.29 is 0 Å². The first-order valence-corrected chi connectivity index (χ1v) is 16.5. The molecule has 0 fully saturated rings. The fraction of sp³-hybridized carbons (Fsp3) is 0.0870. The van der Waals surface area contributed by atoms with Crippen LogP contribution in [0.5, 0.6) is 0 Å². The first kappa shape index (κ1) is 26.9. The van der Waals surface area contributed by atoms with E-state index in [1.807, 2.05) is 0 Å². The van der Waals surface area contributed by atoms with E-state index in [-0.39, 0.29) is 0 Å². The third-order valence-corrected chi connectivity index (χ3v) is 10.3. The predicted octanol–water partition coefficient (Wildman–Crippen LogP) is 11.7. The zero-order valence-electron chi connectivity index (χ0n) is 25.7. The van der Waals surface area contributed by atoms with Gasteiger partial charge in [0, 0.05) is 11.8 Å². The Labute approximate surface area is 271 Å². The van der Waals surface area contributed by atoms with Crippen molar-refractivity contribution in [3.05, 3.63) is 203 Å². The molecule has 0 heteroatoms. The summed E-state index contributed by atoms with van der Waals surface area (Å²) in [7, 11) is 0. The molecule has 2 unspecified atom stereocenters. The summed E-state index contributed by atoms with van der Waals surface area (Å²) in [5.74, 6) is 0.742. The second-order valence-electron chi connectivity index (χ2n) is 12.8. The summed E-state index contributed by atoms with van der Waals surface area (Å²) < 4.78 is 0. The molecular weight excluding hydrogens is 553 g/mol. The standard InChI is InChI=1S/C46H34/c1-3-11-32(12-4-1)33-21-19-31(20-22-33)27-45-40-17-9-10-18-41(40)46-29-36(25-26-42(45)46)35-23-24-37-30-43(34-13-5-2-6-14-34)38-15-7-8-16-39(38)44(37)28-35/h1-26,28-29,43,45H,27,30H2. The largest absolute Gasteiger partial charge is 0.0622 e. The zero-order valence-corrected chi connectivity index (χ0v) is 25.7. The van der Waals surface area contributed by atoms with Gasteiger partial charge in [0.25, 0.3) is 0 Å². The van der Waals surface area contributed by atoms with E-state index in [4.69, 9.17) is 0 Å². The molecule has 0 N–H and O–H groups in total. The van der Waals surface area contributed by atoms with Gasteiger partial charge in [0.1, 0.15) is 0 Å². The molecule has 0 aromatic heterocycles. The molecule has 9 rings (SSSR count). The van der Waals surface area contributed by atoms with E-state index in [0.29, 0.717) is 11.8 Å². The first-order chi connectivity index (χ1) is 22.8. The minimum Gasteiger partial charge on any atom is -0.0622 e. The van der Waals surface area contributed by atoms with Crippen LogP contribution in [0.15, 0.2) is 170 Å². The lowest BCUT2D eigenvalue weighted by Gasteiger charge is -2.29. The molecule has 7 aromatic rings. The van der Waals surface area contributed by atoms with E-state index in [0.717, 1.165) is 12.8 Å². The molecule has 2 atom stereocenters. The average Bonchev–Trinajstić information content (AvgIpc) is 3.44. The Balaban J connectivity index is 1.06. The van der Waals surface area contributed by atoms with E-state index in [1.54, 1.807) is 0 Å². The molecule has 0 nitrogen and oxygen atoms in total. The normalized spacial score (nSPS) is 15.8. The summed E-state index contributed by atoms with van der Waals surface area (Å²) in [5, 5.41) is 0. The van der Waals surface area contributed by atoms with Crippen LogP contribution in [0.25, 0.3) is 44.5 Å². The van der Waals surface area contributed by atoms with E-state index < -0.39 is 0 Å². The highest BCUT2D eigenvalue weighted by atomic mass is 14.3. The number of hydrogen-bond donors (Lipinski definition) is 0. The van der Waals surface area contributed by atoms with Crippen molar-refractivity contribution >= 4 is 0 Å². The van der Waals surface area contributed by atoms with Crippen LogP contribution in [-0.2, 0) is 12.8 Å². The van der Waals surface area contributed by atoms with Gasteiger partial charge >= 0.3 is 0 Å². The number of rotatable bonds is 5.